The molecule has 3 aromatic rings. The Morgan fingerprint density at radius 3 is 2.76 bits per heavy atom. The number of carbonyl (C=O) groups excluding carboxylic acids is 1. The lowest BCUT2D eigenvalue weighted by Crippen LogP contribution is -2.15. The minimum Gasteiger partial charge on any atom is -0.305 e. The average molecular weight is 413 g/mol. The molecule has 8 heteroatoms. The molecule has 0 radical (unpaired) electrons. The zero-order chi connectivity index (χ0) is 20.4. The normalized spacial score (nSPS) is 15.5. The van der Waals surface area contributed by atoms with Crippen LogP contribution in [0.2, 0.25) is 0 Å². The van der Waals surface area contributed by atoms with E-state index >= 15 is 0 Å². The van der Waals surface area contributed by atoms with E-state index in [1.54, 1.807) is 0 Å². The third kappa shape index (κ3) is 4.32. The van der Waals surface area contributed by atoms with E-state index in [-0.39, 0.29) is 10.7 Å². The van der Waals surface area contributed by atoms with Gasteiger partial charge in [0.25, 0.3) is 5.91 Å². The van der Waals surface area contributed by atoms with Crippen molar-refractivity contribution in [1.29, 1.82) is 0 Å². The van der Waals surface area contributed by atoms with Crippen LogP contribution in [0.15, 0.2) is 41.4 Å². The van der Waals surface area contributed by atoms with E-state index in [9.17, 15) is 13.2 Å². The summed E-state index contributed by atoms with van der Waals surface area (Å²) in [7, 11) is -3.39. The highest BCUT2D eigenvalue weighted by Crippen LogP contribution is 2.30. The lowest BCUT2D eigenvalue weighted by Gasteiger charge is -2.21. The monoisotopic (exact) mass is 412 g/mol. The number of anilines is 1. The predicted molar refractivity (Wildman–Crippen MR) is 112 cm³/mol. The fourth-order valence-electron chi connectivity index (χ4n) is 4.07. The van der Waals surface area contributed by atoms with Gasteiger partial charge in [0.1, 0.15) is 5.82 Å². The molecule has 2 aromatic heterocycles. The Hall–Kier alpha value is -2.74. The maximum Gasteiger partial charge on any atom is 0.277 e. The molecule has 152 valence electrons. The Bertz CT molecular complexity index is 1150. The first-order valence-corrected chi connectivity index (χ1v) is 11.7. The molecule has 0 aliphatic heterocycles. The molecule has 0 bridgehead atoms. The Morgan fingerprint density at radius 2 is 2.00 bits per heavy atom. The van der Waals surface area contributed by atoms with E-state index in [0.717, 1.165) is 29.1 Å². The van der Waals surface area contributed by atoms with Crippen LogP contribution in [0.3, 0.4) is 0 Å². The van der Waals surface area contributed by atoms with Crippen molar-refractivity contribution in [3.05, 3.63) is 47.8 Å². The van der Waals surface area contributed by atoms with Gasteiger partial charge in [-0.2, -0.15) is 5.10 Å². The topological polar surface area (TPSA) is 105 Å². The van der Waals surface area contributed by atoms with Gasteiger partial charge < -0.3 is 5.32 Å². The number of pyridine rings is 1. The Balaban J connectivity index is 1.63. The van der Waals surface area contributed by atoms with Crippen LogP contribution in [0, 0.1) is 5.92 Å². The van der Waals surface area contributed by atoms with Crippen molar-refractivity contribution >= 4 is 32.5 Å². The molecule has 0 saturated heterocycles. The highest BCUT2D eigenvalue weighted by molar-refractivity contribution is 7.90. The van der Waals surface area contributed by atoms with Crippen LogP contribution >= 0.6 is 0 Å². The predicted octanol–water partition coefficient (Wildman–Crippen LogP) is 3.74. The van der Waals surface area contributed by atoms with Gasteiger partial charge in [0.15, 0.2) is 15.5 Å². The maximum absolute atomic E-state index is 12.9. The summed E-state index contributed by atoms with van der Waals surface area (Å²) in [5.41, 5.74) is 2.24. The van der Waals surface area contributed by atoms with E-state index in [1.807, 2.05) is 12.1 Å². The minimum absolute atomic E-state index is 0.104. The number of amides is 1. The van der Waals surface area contributed by atoms with Crippen molar-refractivity contribution in [3.63, 3.8) is 0 Å². The lowest BCUT2D eigenvalue weighted by molar-refractivity contribution is 0.102. The van der Waals surface area contributed by atoms with Gasteiger partial charge in [-0.25, -0.2) is 13.4 Å². The smallest absolute Gasteiger partial charge is 0.277 e. The fraction of sp³-hybridized carbons (Fsp3) is 0.381. The van der Waals surface area contributed by atoms with Gasteiger partial charge in [0.2, 0.25) is 0 Å². The summed E-state index contributed by atoms with van der Waals surface area (Å²) in [4.78, 5) is 17.1. The van der Waals surface area contributed by atoms with E-state index in [4.69, 9.17) is 0 Å². The first-order chi connectivity index (χ1) is 13.9. The second kappa shape index (κ2) is 7.94. The van der Waals surface area contributed by atoms with Crippen LogP contribution in [0.4, 0.5) is 5.82 Å². The minimum atomic E-state index is -3.39. The fourth-order valence-corrected chi connectivity index (χ4v) is 4.70. The standard InChI is InChI=1S/C21H24N4O3S/c1-29(27,28)16-10-11-22-18(13-16)23-21(26)20-19-15(8-5-9-17(19)24-25-20)12-14-6-3-2-4-7-14/h5,8-11,13-14H,2-4,6-7,12H2,1H3,(H,24,25)(H,22,23,26). The van der Waals surface area contributed by atoms with E-state index in [1.165, 1.54) is 50.4 Å². The summed E-state index contributed by atoms with van der Waals surface area (Å²) < 4.78 is 23.5. The number of aromatic nitrogens is 3. The molecule has 7 nitrogen and oxygen atoms in total. The largest absolute Gasteiger partial charge is 0.305 e. The molecule has 0 spiro atoms. The summed E-state index contributed by atoms with van der Waals surface area (Å²) in [6.07, 6.45) is 9.69. The van der Waals surface area contributed by atoms with Crippen molar-refractivity contribution < 1.29 is 13.2 Å². The Labute approximate surface area is 169 Å². The highest BCUT2D eigenvalue weighted by Gasteiger charge is 2.21. The zero-order valence-electron chi connectivity index (χ0n) is 16.3. The van der Waals surface area contributed by atoms with E-state index in [2.05, 4.69) is 26.6 Å². The SMILES string of the molecule is CS(=O)(=O)c1ccnc(NC(=O)c2n[nH]c3cccc(CC4CCCCC4)c23)c1. The molecule has 4 rings (SSSR count). The highest BCUT2D eigenvalue weighted by atomic mass is 32.2. The quantitative estimate of drug-likeness (QED) is 0.664. The number of hydrogen-bond donors (Lipinski definition) is 2. The van der Waals surface area contributed by atoms with Crippen LogP contribution < -0.4 is 5.32 Å². The number of carbonyl (C=O) groups is 1. The average Bonchev–Trinajstić information content (AvgIpc) is 3.14. The van der Waals surface area contributed by atoms with Crippen molar-refractivity contribution in [2.75, 3.05) is 11.6 Å². The third-order valence-corrected chi connectivity index (χ3v) is 6.64. The summed E-state index contributed by atoms with van der Waals surface area (Å²) in [6, 6.07) is 8.71. The van der Waals surface area contributed by atoms with Crippen molar-refractivity contribution in [2.45, 2.75) is 43.4 Å². The molecule has 1 saturated carbocycles. The van der Waals surface area contributed by atoms with E-state index in [0.29, 0.717) is 11.6 Å². The molecular formula is C21H24N4O3S. The number of rotatable bonds is 5. The summed E-state index contributed by atoms with van der Waals surface area (Å²) in [6.45, 7) is 0. The van der Waals surface area contributed by atoms with Gasteiger partial charge >= 0.3 is 0 Å². The summed E-state index contributed by atoms with van der Waals surface area (Å²) in [5.74, 6) is 0.401. The Morgan fingerprint density at radius 1 is 1.21 bits per heavy atom. The third-order valence-electron chi connectivity index (χ3n) is 5.53. The first-order valence-electron chi connectivity index (χ1n) is 9.85. The molecule has 1 aliphatic carbocycles. The van der Waals surface area contributed by atoms with Gasteiger partial charge in [0.05, 0.1) is 10.4 Å². The number of fused-ring (bicyclic) bond motifs is 1. The van der Waals surface area contributed by atoms with Crippen LogP contribution in [0.25, 0.3) is 10.9 Å². The van der Waals surface area contributed by atoms with Gasteiger partial charge in [-0.3, -0.25) is 9.89 Å². The van der Waals surface area contributed by atoms with E-state index < -0.39 is 15.7 Å². The molecule has 1 amide bonds. The van der Waals surface area contributed by atoms with Crippen LogP contribution in [-0.2, 0) is 16.3 Å². The summed E-state index contributed by atoms with van der Waals surface area (Å²) in [5, 5.41) is 10.7. The molecule has 2 heterocycles. The van der Waals surface area contributed by atoms with Crippen molar-refractivity contribution in [1.82, 2.24) is 15.2 Å². The maximum atomic E-state index is 12.9. The Kier molecular flexibility index (Phi) is 5.36. The number of benzene rings is 1. The van der Waals surface area contributed by atoms with Gasteiger partial charge in [0, 0.05) is 17.8 Å². The van der Waals surface area contributed by atoms with Crippen molar-refractivity contribution in [2.24, 2.45) is 5.92 Å². The van der Waals surface area contributed by atoms with Crippen LogP contribution in [0.1, 0.15) is 48.2 Å². The molecule has 1 aromatic carbocycles. The van der Waals surface area contributed by atoms with Gasteiger partial charge in [-0.15, -0.1) is 0 Å². The molecular weight excluding hydrogens is 388 g/mol. The molecule has 0 unspecified atom stereocenters. The number of nitrogens with zero attached hydrogens (tertiary/aromatic N) is 2. The molecule has 2 N–H and O–H groups in total. The second-order valence-electron chi connectivity index (χ2n) is 7.72. The van der Waals surface area contributed by atoms with Gasteiger partial charge in [-0.1, -0.05) is 44.2 Å². The van der Waals surface area contributed by atoms with Crippen molar-refractivity contribution in [3.8, 4) is 0 Å². The lowest BCUT2D eigenvalue weighted by atomic mass is 9.84. The van der Waals surface area contributed by atoms with Crippen LogP contribution in [0.5, 0.6) is 0 Å². The second-order valence-corrected chi connectivity index (χ2v) is 9.74. The van der Waals surface area contributed by atoms with Crippen LogP contribution in [-0.4, -0.2) is 35.8 Å². The zero-order valence-corrected chi connectivity index (χ0v) is 17.1. The summed E-state index contributed by atoms with van der Waals surface area (Å²) >= 11 is 0. The number of hydrogen-bond acceptors (Lipinski definition) is 5. The molecule has 29 heavy (non-hydrogen) atoms. The van der Waals surface area contributed by atoms with Gasteiger partial charge in [-0.05, 0) is 36.1 Å². The molecule has 1 fully saturated rings. The number of nitrogens with one attached hydrogen (secondary N) is 2. The number of sulfone groups is 1. The molecule has 1 aliphatic rings. The number of aromatic amines is 1. The molecule has 0 atom stereocenters. The first kappa shape index (κ1) is 19.6. The number of H-pyrrole nitrogens is 1.